The van der Waals surface area contributed by atoms with E-state index in [2.05, 4.69) is 11.2 Å². The van der Waals surface area contributed by atoms with Crippen molar-refractivity contribution in [3.05, 3.63) is 0 Å². The summed E-state index contributed by atoms with van der Waals surface area (Å²) in [4.78, 5) is 13.1. The first-order chi connectivity index (χ1) is 2.77. The predicted octanol–water partition coefficient (Wildman–Crippen LogP) is 0.501. The molecule has 0 aromatic heterocycles. The number of hydrogen-bond acceptors (Lipinski definition) is 1. The number of nitrogens with zero attached hydrogens (tertiary/aromatic N) is 1. The highest BCUT2D eigenvalue weighted by Gasteiger charge is 1.74. The van der Waals surface area contributed by atoms with Crippen LogP contribution >= 0.6 is 0 Å². The van der Waals surface area contributed by atoms with Crippen molar-refractivity contribution < 1.29 is 4.79 Å². The molecule has 1 radical (unpaired) electrons. The number of hydrogen-bond donors (Lipinski definition) is 0. The normalized spacial score (nSPS) is 9.67. The van der Waals surface area contributed by atoms with Gasteiger partial charge in [-0.25, -0.2) is 4.99 Å². The summed E-state index contributed by atoms with van der Waals surface area (Å²) < 4.78 is 0. The Morgan fingerprint density at radius 3 is 2.33 bits per heavy atom. The molecule has 0 aliphatic heterocycles. The summed E-state index contributed by atoms with van der Waals surface area (Å²) in [6, 6.07) is 0. The molecule has 0 spiro atoms. The molecule has 0 saturated heterocycles. The topological polar surface area (TPSA) is 29.4 Å². The van der Waals surface area contributed by atoms with Crippen LogP contribution in [0.1, 0.15) is 13.8 Å². The van der Waals surface area contributed by atoms with Crippen molar-refractivity contribution in [2.24, 2.45) is 4.99 Å². The maximum absolute atomic E-state index is 9.81. The van der Waals surface area contributed by atoms with Crippen LogP contribution in [-0.2, 0) is 4.79 Å². The summed E-state index contributed by atoms with van der Waals surface area (Å²) in [6.45, 7) is 2.97. The quantitative estimate of drug-likeness (QED) is 0.393. The van der Waals surface area contributed by atoms with Crippen LogP contribution in [0.25, 0.3) is 0 Å². The van der Waals surface area contributed by atoms with E-state index < -0.39 is 0 Å². The van der Waals surface area contributed by atoms with E-state index in [-0.39, 0.29) is 5.91 Å². The fourth-order valence-electron chi connectivity index (χ4n) is 0.157. The summed E-state index contributed by atoms with van der Waals surface area (Å²) in [6.07, 6.45) is 2.34. The minimum Gasteiger partial charge on any atom is -0.273 e. The lowest BCUT2D eigenvalue weighted by Crippen LogP contribution is -1.78. The van der Waals surface area contributed by atoms with Crippen LogP contribution < -0.4 is 0 Å². The molecule has 1 amide bonds. The van der Waals surface area contributed by atoms with Gasteiger partial charge in [-0.1, -0.05) is 0 Å². The number of carbonyl (C=O) groups is 1. The fourth-order valence-corrected chi connectivity index (χ4v) is 0.157. The molecule has 0 heterocycles. The van der Waals surface area contributed by atoms with Crippen molar-refractivity contribution in [1.29, 1.82) is 0 Å². The molecule has 0 aromatic carbocycles. The van der Waals surface area contributed by atoms with Crippen LogP contribution in [0.3, 0.4) is 0 Å². The Morgan fingerprint density at radius 2 is 2.33 bits per heavy atom. The third-order valence-electron chi connectivity index (χ3n) is 0.269. The molecule has 0 unspecified atom stereocenters. The van der Waals surface area contributed by atoms with E-state index in [1.807, 2.05) is 0 Å². The molecule has 0 fully saturated rings. The van der Waals surface area contributed by atoms with Crippen molar-refractivity contribution >= 4 is 12.1 Å². The van der Waals surface area contributed by atoms with Crippen molar-refractivity contribution in [3.63, 3.8) is 0 Å². The van der Waals surface area contributed by atoms with E-state index in [0.29, 0.717) is 0 Å². The molecule has 0 aromatic rings. The first-order valence-electron chi connectivity index (χ1n) is 1.65. The van der Waals surface area contributed by atoms with Gasteiger partial charge in [0.05, 0.1) is 6.21 Å². The average Bonchev–Trinajstić information content (AvgIpc) is 1.35. The molecule has 0 atom stereocenters. The van der Waals surface area contributed by atoms with Gasteiger partial charge in [-0.15, -0.1) is 0 Å². The highest BCUT2D eigenvalue weighted by Crippen LogP contribution is 1.63. The lowest BCUT2D eigenvalue weighted by molar-refractivity contribution is -0.115. The number of amides is 1. The van der Waals surface area contributed by atoms with Gasteiger partial charge in [0, 0.05) is 6.92 Å². The lowest BCUT2D eigenvalue weighted by Gasteiger charge is -1.68. The van der Waals surface area contributed by atoms with Gasteiger partial charge in [-0.2, -0.15) is 0 Å². The van der Waals surface area contributed by atoms with E-state index in [9.17, 15) is 4.79 Å². The molecule has 0 bridgehead atoms. The predicted molar refractivity (Wildman–Crippen MR) is 23.8 cm³/mol. The first kappa shape index (κ1) is 5.34. The SMILES string of the molecule is C[C]=NC(C)=O. The molecular formula is C4H6NO. The Kier molecular flexibility index (Phi) is 2.29. The maximum Gasteiger partial charge on any atom is 0.242 e. The molecule has 2 heteroatoms. The Hall–Kier alpha value is -0.660. The first-order valence-corrected chi connectivity index (χ1v) is 1.65. The molecule has 0 N–H and O–H groups in total. The maximum atomic E-state index is 9.81. The second-order valence-corrected chi connectivity index (χ2v) is 0.854. The Morgan fingerprint density at radius 1 is 1.83 bits per heavy atom. The number of rotatable bonds is 0. The summed E-state index contributed by atoms with van der Waals surface area (Å²) in [7, 11) is 0. The molecule has 0 saturated carbocycles. The van der Waals surface area contributed by atoms with Gasteiger partial charge >= 0.3 is 0 Å². The molecule has 0 aliphatic rings. The zero-order valence-electron chi connectivity index (χ0n) is 3.86. The number of carbonyl (C=O) groups excluding carboxylic acids is 1. The Bertz CT molecular complexity index is 75.6. The van der Waals surface area contributed by atoms with Crippen molar-refractivity contribution in [2.75, 3.05) is 0 Å². The van der Waals surface area contributed by atoms with Crippen molar-refractivity contribution in [1.82, 2.24) is 0 Å². The number of aliphatic imine (C=N–C) groups is 1. The van der Waals surface area contributed by atoms with Crippen LogP contribution in [0, 0.1) is 0 Å². The van der Waals surface area contributed by atoms with Crippen LogP contribution in [0.2, 0.25) is 0 Å². The van der Waals surface area contributed by atoms with Crippen molar-refractivity contribution in [3.8, 4) is 0 Å². The van der Waals surface area contributed by atoms with Gasteiger partial charge in [-0.3, -0.25) is 4.79 Å². The van der Waals surface area contributed by atoms with Gasteiger partial charge in [0.25, 0.3) is 0 Å². The Labute approximate surface area is 36.9 Å². The average molecular weight is 84.1 g/mol. The smallest absolute Gasteiger partial charge is 0.242 e. The summed E-state index contributed by atoms with van der Waals surface area (Å²) in [5.74, 6) is -0.197. The van der Waals surface area contributed by atoms with Gasteiger partial charge < -0.3 is 0 Å². The molecule has 2 nitrogen and oxygen atoms in total. The van der Waals surface area contributed by atoms with Crippen LogP contribution in [-0.4, -0.2) is 12.1 Å². The second kappa shape index (κ2) is 2.57. The lowest BCUT2D eigenvalue weighted by atomic mass is 10.7. The zero-order valence-corrected chi connectivity index (χ0v) is 3.86. The molecule has 33 valence electrons. The van der Waals surface area contributed by atoms with E-state index >= 15 is 0 Å². The molecule has 0 rings (SSSR count). The molecule has 0 aliphatic carbocycles. The highest BCUT2D eigenvalue weighted by atomic mass is 16.1. The zero-order chi connectivity index (χ0) is 4.99. The van der Waals surface area contributed by atoms with Gasteiger partial charge in [0.15, 0.2) is 0 Å². The monoisotopic (exact) mass is 84.0 g/mol. The van der Waals surface area contributed by atoms with E-state index in [0.717, 1.165) is 0 Å². The Balaban J connectivity index is 3.30. The van der Waals surface area contributed by atoms with Crippen LogP contribution in [0.4, 0.5) is 0 Å². The summed E-state index contributed by atoms with van der Waals surface area (Å²) in [5.41, 5.74) is 0. The van der Waals surface area contributed by atoms with Crippen molar-refractivity contribution in [2.45, 2.75) is 13.8 Å². The largest absolute Gasteiger partial charge is 0.273 e. The van der Waals surface area contributed by atoms with Crippen LogP contribution in [0.15, 0.2) is 4.99 Å². The van der Waals surface area contributed by atoms with Gasteiger partial charge in [-0.05, 0) is 6.92 Å². The van der Waals surface area contributed by atoms with Gasteiger partial charge in [0.2, 0.25) is 5.91 Å². The summed E-state index contributed by atoms with van der Waals surface area (Å²) >= 11 is 0. The van der Waals surface area contributed by atoms with E-state index in [4.69, 9.17) is 0 Å². The fraction of sp³-hybridized carbons (Fsp3) is 0.500. The highest BCUT2D eigenvalue weighted by molar-refractivity contribution is 5.81. The molecule has 6 heavy (non-hydrogen) atoms. The second-order valence-electron chi connectivity index (χ2n) is 0.854. The minimum atomic E-state index is -0.197. The standard InChI is InChI=1S/C4H6NO/c1-3-5-4(2)6/h1-2H3. The van der Waals surface area contributed by atoms with Gasteiger partial charge in [0.1, 0.15) is 0 Å². The summed E-state index contributed by atoms with van der Waals surface area (Å²) in [5, 5.41) is 0. The van der Waals surface area contributed by atoms with E-state index in [1.54, 1.807) is 6.92 Å². The minimum absolute atomic E-state index is 0.197. The van der Waals surface area contributed by atoms with Crippen LogP contribution in [0.5, 0.6) is 0 Å². The molecular weight excluding hydrogens is 78.0 g/mol. The third kappa shape index (κ3) is 3.34. The third-order valence-corrected chi connectivity index (χ3v) is 0.269. The van der Waals surface area contributed by atoms with E-state index in [1.165, 1.54) is 6.92 Å².